The molecule has 0 saturated carbocycles. The first-order valence-corrected chi connectivity index (χ1v) is 7.20. The van der Waals surface area contributed by atoms with E-state index in [4.69, 9.17) is 5.26 Å². The van der Waals surface area contributed by atoms with E-state index in [0.29, 0.717) is 12.1 Å². The first kappa shape index (κ1) is 13.6. The molecule has 0 N–H and O–H groups in total. The highest BCUT2D eigenvalue weighted by Gasteiger charge is 2.17. The largest absolute Gasteiger partial charge is 0.367 e. The molecular formula is C18H17FN2. The van der Waals surface area contributed by atoms with Gasteiger partial charge in [0, 0.05) is 18.8 Å². The Morgan fingerprint density at radius 1 is 1.24 bits per heavy atom. The Morgan fingerprint density at radius 3 is 2.90 bits per heavy atom. The van der Waals surface area contributed by atoms with Gasteiger partial charge in [-0.3, -0.25) is 0 Å². The van der Waals surface area contributed by atoms with Crippen LogP contribution in [0, 0.1) is 24.1 Å². The van der Waals surface area contributed by atoms with Crippen LogP contribution in [0.2, 0.25) is 0 Å². The second-order valence-corrected chi connectivity index (χ2v) is 5.62. The molecule has 3 rings (SSSR count). The zero-order valence-corrected chi connectivity index (χ0v) is 12.1. The molecule has 0 aliphatic carbocycles. The molecule has 106 valence electrons. The minimum absolute atomic E-state index is 0.342. The maximum absolute atomic E-state index is 13.5. The fourth-order valence-corrected chi connectivity index (χ4v) is 2.99. The summed E-state index contributed by atoms with van der Waals surface area (Å²) in [5, 5.41) is 8.95. The number of aryl methyl sites for hydroxylation is 2. The summed E-state index contributed by atoms with van der Waals surface area (Å²) in [5.41, 5.74) is 5.09. The lowest BCUT2D eigenvalue weighted by molar-refractivity contribution is 0.622. The SMILES string of the molecule is Cc1ccc2c(c1)CCCN2Cc1cc(F)cc(C#N)c1. The average molecular weight is 280 g/mol. The number of hydrogen-bond acceptors (Lipinski definition) is 2. The summed E-state index contributed by atoms with van der Waals surface area (Å²) in [6.07, 6.45) is 2.21. The lowest BCUT2D eigenvalue weighted by Crippen LogP contribution is -2.28. The van der Waals surface area contributed by atoms with Gasteiger partial charge in [-0.15, -0.1) is 0 Å². The maximum atomic E-state index is 13.5. The molecule has 1 heterocycles. The molecule has 1 aliphatic heterocycles. The molecule has 0 spiro atoms. The minimum Gasteiger partial charge on any atom is -0.367 e. The zero-order valence-electron chi connectivity index (χ0n) is 12.1. The molecular weight excluding hydrogens is 263 g/mol. The molecule has 2 nitrogen and oxygen atoms in total. The second-order valence-electron chi connectivity index (χ2n) is 5.62. The summed E-state index contributed by atoms with van der Waals surface area (Å²) in [6.45, 7) is 3.71. The highest BCUT2D eigenvalue weighted by atomic mass is 19.1. The van der Waals surface area contributed by atoms with Crippen molar-refractivity contribution in [2.75, 3.05) is 11.4 Å². The van der Waals surface area contributed by atoms with Gasteiger partial charge in [-0.2, -0.15) is 5.26 Å². The number of nitriles is 1. The fourth-order valence-electron chi connectivity index (χ4n) is 2.99. The van der Waals surface area contributed by atoms with Crippen LogP contribution in [0.15, 0.2) is 36.4 Å². The Morgan fingerprint density at radius 2 is 2.10 bits per heavy atom. The van der Waals surface area contributed by atoms with E-state index in [9.17, 15) is 4.39 Å². The third kappa shape index (κ3) is 2.90. The van der Waals surface area contributed by atoms with Gasteiger partial charge in [-0.1, -0.05) is 17.7 Å². The minimum atomic E-state index is -0.342. The molecule has 0 aromatic heterocycles. The van der Waals surface area contributed by atoms with Gasteiger partial charge in [0.1, 0.15) is 5.82 Å². The van der Waals surface area contributed by atoms with Gasteiger partial charge in [0.05, 0.1) is 11.6 Å². The average Bonchev–Trinajstić information content (AvgIpc) is 2.46. The van der Waals surface area contributed by atoms with Crippen LogP contribution < -0.4 is 4.90 Å². The topological polar surface area (TPSA) is 27.0 Å². The van der Waals surface area contributed by atoms with Crippen LogP contribution in [0.3, 0.4) is 0 Å². The van der Waals surface area contributed by atoms with Crippen molar-refractivity contribution in [1.82, 2.24) is 0 Å². The number of halogens is 1. The monoisotopic (exact) mass is 280 g/mol. The van der Waals surface area contributed by atoms with Crippen LogP contribution in [0.4, 0.5) is 10.1 Å². The highest BCUT2D eigenvalue weighted by Crippen LogP contribution is 2.29. The molecule has 0 atom stereocenters. The van der Waals surface area contributed by atoms with Crippen LogP contribution >= 0.6 is 0 Å². The van der Waals surface area contributed by atoms with Crippen molar-refractivity contribution in [3.05, 3.63) is 64.5 Å². The number of anilines is 1. The van der Waals surface area contributed by atoms with Gasteiger partial charge in [0.25, 0.3) is 0 Å². The summed E-state index contributed by atoms with van der Waals surface area (Å²) in [7, 11) is 0. The second kappa shape index (κ2) is 5.57. The highest BCUT2D eigenvalue weighted by molar-refractivity contribution is 5.57. The van der Waals surface area contributed by atoms with Crippen molar-refractivity contribution in [1.29, 1.82) is 5.26 Å². The molecule has 0 amide bonds. The third-order valence-corrected chi connectivity index (χ3v) is 3.91. The Balaban J connectivity index is 1.90. The predicted molar refractivity (Wildman–Crippen MR) is 81.7 cm³/mol. The van der Waals surface area contributed by atoms with E-state index in [1.165, 1.54) is 28.9 Å². The molecule has 0 radical (unpaired) electrons. The van der Waals surface area contributed by atoms with E-state index in [-0.39, 0.29) is 5.82 Å². The molecule has 2 aromatic carbocycles. The molecule has 0 saturated heterocycles. The Bertz CT molecular complexity index is 716. The van der Waals surface area contributed by atoms with Crippen LogP contribution in [0.25, 0.3) is 0 Å². The van der Waals surface area contributed by atoms with Crippen molar-refractivity contribution >= 4 is 5.69 Å². The van der Waals surface area contributed by atoms with E-state index < -0.39 is 0 Å². The number of rotatable bonds is 2. The normalized spacial score (nSPS) is 13.7. The summed E-state index contributed by atoms with van der Waals surface area (Å²) >= 11 is 0. The molecule has 2 aromatic rings. The summed E-state index contributed by atoms with van der Waals surface area (Å²) in [6, 6.07) is 13.1. The predicted octanol–water partition coefficient (Wildman–Crippen LogP) is 3.96. The maximum Gasteiger partial charge on any atom is 0.124 e. The van der Waals surface area contributed by atoms with Gasteiger partial charge < -0.3 is 4.90 Å². The van der Waals surface area contributed by atoms with Crippen molar-refractivity contribution in [3.8, 4) is 6.07 Å². The van der Waals surface area contributed by atoms with Crippen molar-refractivity contribution < 1.29 is 4.39 Å². The molecule has 0 unspecified atom stereocenters. The third-order valence-electron chi connectivity index (χ3n) is 3.91. The Kier molecular flexibility index (Phi) is 3.62. The Hall–Kier alpha value is -2.34. The van der Waals surface area contributed by atoms with Gasteiger partial charge in [0.2, 0.25) is 0 Å². The van der Waals surface area contributed by atoms with E-state index in [0.717, 1.165) is 24.9 Å². The number of benzene rings is 2. The quantitative estimate of drug-likeness (QED) is 0.832. The van der Waals surface area contributed by atoms with Crippen molar-refractivity contribution in [2.45, 2.75) is 26.3 Å². The summed E-state index contributed by atoms with van der Waals surface area (Å²) in [4.78, 5) is 2.27. The first-order chi connectivity index (χ1) is 10.2. The lowest BCUT2D eigenvalue weighted by atomic mass is 9.99. The van der Waals surface area contributed by atoms with Crippen LogP contribution in [0.1, 0.15) is 28.7 Å². The number of nitrogens with zero attached hydrogens (tertiary/aromatic N) is 2. The number of hydrogen-bond donors (Lipinski definition) is 0. The molecule has 0 fully saturated rings. The van der Waals surface area contributed by atoms with Crippen LogP contribution in [0.5, 0.6) is 0 Å². The van der Waals surface area contributed by atoms with E-state index in [1.807, 2.05) is 6.07 Å². The van der Waals surface area contributed by atoms with E-state index >= 15 is 0 Å². The van der Waals surface area contributed by atoms with Crippen LogP contribution in [-0.4, -0.2) is 6.54 Å². The van der Waals surface area contributed by atoms with E-state index in [2.05, 4.69) is 30.0 Å². The standard InChI is InChI=1S/C18H17FN2/c1-13-4-5-18-16(7-13)3-2-6-21(18)12-15-8-14(11-20)9-17(19)10-15/h4-5,7-10H,2-3,6,12H2,1H3. The van der Waals surface area contributed by atoms with Gasteiger partial charge in [-0.25, -0.2) is 4.39 Å². The smallest absolute Gasteiger partial charge is 0.124 e. The first-order valence-electron chi connectivity index (χ1n) is 7.20. The molecule has 3 heteroatoms. The lowest BCUT2D eigenvalue weighted by Gasteiger charge is -2.31. The zero-order chi connectivity index (χ0) is 14.8. The van der Waals surface area contributed by atoms with Crippen LogP contribution in [-0.2, 0) is 13.0 Å². The number of fused-ring (bicyclic) bond motifs is 1. The molecule has 0 bridgehead atoms. The summed E-state index contributed by atoms with van der Waals surface area (Å²) < 4.78 is 13.5. The van der Waals surface area contributed by atoms with Gasteiger partial charge in [-0.05, 0) is 55.2 Å². The summed E-state index contributed by atoms with van der Waals surface area (Å²) in [5.74, 6) is -0.342. The van der Waals surface area contributed by atoms with Gasteiger partial charge in [0.15, 0.2) is 0 Å². The molecule has 21 heavy (non-hydrogen) atoms. The fraction of sp³-hybridized carbons (Fsp3) is 0.278. The van der Waals surface area contributed by atoms with Crippen molar-refractivity contribution in [3.63, 3.8) is 0 Å². The molecule has 1 aliphatic rings. The Labute approximate surface area is 124 Å². The van der Waals surface area contributed by atoms with Gasteiger partial charge >= 0.3 is 0 Å². The van der Waals surface area contributed by atoms with Crippen molar-refractivity contribution in [2.24, 2.45) is 0 Å². The van der Waals surface area contributed by atoms with E-state index in [1.54, 1.807) is 6.07 Å².